The van der Waals surface area contributed by atoms with Gasteiger partial charge in [0.1, 0.15) is 9.84 Å². The lowest BCUT2D eigenvalue weighted by molar-refractivity contribution is 0.397. The summed E-state index contributed by atoms with van der Waals surface area (Å²) in [5.41, 5.74) is 0. The van der Waals surface area contributed by atoms with Gasteiger partial charge in [0.25, 0.3) is 0 Å². The SMILES string of the molecule is CCCNC(CSCCS(C)(=O)=O)C(C)CC. The fourth-order valence-corrected chi connectivity index (χ4v) is 4.01. The van der Waals surface area contributed by atoms with Crippen molar-refractivity contribution in [2.75, 3.05) is 30.1 Å². The lowest BCUT2D eigenvalue weighted by Crippen LogP contribution is -2.37. The van der Waals surface area contributed by atoms with Crippen LogP contribution in [0.1, 0.15) is 33.6 Å². The largest absolute Gasteiger partial charge is 0.313 e. The van der Waals surface area contributed by atoms with E-state index in [0.717, 1.165) is 25.1 Å². The monoisotopic (exact) mass is 281 g/mol. The molecule has 0 aliphatic heterocycles. The Hall–Kier alpha value is 0.260. The fourth-order valence-electron chi connectivity index (χ4n) is 1.46. The van der Waals surface area contributed by atoms with E-state index in [4.69, 9.17) is 0 Å². The van der Waals surface area contributed by atoms with Crippen molar-refractivity contribution >= 4 is 21.6 Å². The van der Waals surface area contributed by atoms with Crippen molar-refractivity contribution in [3.63, 3.8) is 0 Å². The summed E-state index contributed by atoms with van der Waals surface area (Å²) in [6.07, 6.45) is 3.60. The summed E-state index contributed by atoms with van der Waals surface area (Å²) < 4.78 is 22.0. The molecule has 0 aromatic rings. The first-order valence-electron chi connectivity index (χ1n) is 6.39. The average Bonchev–Trinajstić information content (AvgIpc) is 2.25. The molecule has 0 rings (SSSR count). The van der Waals surface area contributed by atoms with Crippen LogP contribution < -0.4 is 5.32 Å². The minimum absolute atomic E-state index is 0.290. The fraction of sp³-hybridized carbons (Fsp3) is 1.00. The Morgan fingerprint density at radius 2 is 1.94 bits per heavy atom. The third-order valence-electron chi connectivity index (χ3n) is 2.88. The molecule has 0 aliphatic carbocycles. The van der Waals surface area contributed by atoms with Gasteiger partial charge in [-0.05, 0) is 18.9 Å². The average molecular weight is 281 g/mol. The molecular formula is C12H27NO2S2. The first kappa shape index (κ1) is 17.3. The molecule has 17 heavy (non-hydrogen) atoms. The van der Waals surface area contributed by atoms with Gasteiger partial charge in [0.2, 0.25) is 0 Å². The van der Waals surface area contributed by atoms with Gasteiger partial charge in [-0.1, -0.05) is 27.2 Å². The molecule has 3 nitrogen and oxygen atoms in total. The van der Waals surface area contributed by atoms with Crippen LogP contribution in [0, 0.1) is 5.92 Å². The van der Waals surface area contributed by atoms with Crippen LogP contribution in [0.3, 0.4) is 0 Å². The van der Waals surface area contributed by atoms with Crippen molar-refractivity contribution in [2.24, 2.45) is 5.92 Å². The summed E-state index contributed by atoms with van der Waals surface area (Å²) in [6, 6.07) is 0.504. The number of sulfone groups is 1. The number of hydrogen-bond donors (Lipinski definition) is 1. The summed E-state index contributed by atoms with van der Waals surface area (Å²) in [6.45, 7) is 7.66. The summed E-state index contributed by atoms with van der Waals surface area (Å²) in [7, 11) is -2.81. The van der Waals surface area contributed by atoms with Crippen molar-refractivity contribution in [3.8, 4) is 0 Å². The van der Waals surface area contributed by atoms with Gasteiger partial charge in [-0.15, -0.1) is 0 Å². The highest BCUT2D eigenvalue weighted by Crippen LogP contribution is 2.14. The van der Waals surface area contributed by atoms with Crippen LogP contribution >= 0.6 is 11.8 Å². The predicted molar refractivity (Wildman–Crippen MR) is 78.6 cm³/mol. The van der Waals surface area contributed by atoms with Crippen molar-refractivity contribution in [1.82, 2.24) is 5.32 Å². The second-order valence-electron chi connectivity index (χ2n) is 4.65. The van der Waals surface area contributed by atoms with E-state index in [1.807, 2.05) is 0 Å². The van der Waals surface area contributed by atoms with Gasteiger partial charge in [-0.25, -0.2) is 8.42 Å². The Bertz CT molecular complexity index is 278. The summed E-state index contributed by atoms with van der Waals surface area (Å²) in [5.74, 6) is 2.65. The van der Waals surface area contributed by atoms with Crippen LogP contribution in [-0.2, 0) is 9.84 Å². The quantitative estimate of drug-likeness (QED) is 0.624. The third-order valence-corrected chi connectivity index (χ3v) is 5.17. The van der Waals surface area contributed by atoms with Crippen LogP contribution in [0.2, 0.25) is 0 Å². The second-order valence-corrected chi connectivity index (χ2v) is 8.06. The van der Waals surface area contributed by atoms with Crippen LogP contribution in [0.4, 0.5) is 0 Å². The van der Waals surface area contributed by atoms with Gasteiger partial charge in [-0.3, -0.25) is 0 Å². The first-order chi connectivity index (χ1) is 7.90. The minimum atomic E-state index is -2.81. The van der Waals surface area contributed by atoms with Gasteiger partial charge in [0, 0.05) is 23.8 Å². The molecule has 0 aliphatic rings. The molecule has 0 bridgehead atoms. The standard InChI is InChI=1S/C12H27NO2S2/c1-5-7-13-12(11(3)6-2)10-16-8-9-17(4,14)15/h11-13H,5-10H2,1-4H3. The molecule has 0 fully saturated rings. The van der Waals surface area contributed by atoms with E-state index in [2.05, 4.69) is 26.1 Å². The van der Waals surface area contributed by atoms with Crippen molar-refractivity contribution in [3.05, 3.63) is 0 Å². The first-order valence-corrected chi connectivity index (χ1v) is 9.61. The van der Waals surface area contributed by atoms with Gasteiger partial charge in [0.05, 0.1) is 5.75 Å². The Balaban J connectivity index is 3.91. The van der Waals surface area contributed by atoms with E-state index < -0.39 is 9.84 Å². The zero-order valence-corrected chi connectivity index (χ0v) is 13.2. The highest BCUT2D eigenvalue weighted by atomic mass is 32.2. The summed E-state index contributed by atoms with van der Waals surface area (Å²) >= 11 is 1.74. The highest BCUT2D eigenvalue weighted by molar-refractivity contribution is 8.00. The van der Waals surface area contributed by atoms with Crippen molar-refractivity contribution in [1.29, 1.82) is 0 Å². The highest BCUT2D eigenvalue weighted by Gasteiger charge is 2.15. The van der Waals surface area contributed by atoms with Crippen molar-refractivity contribution < 1.29 is 8.42 Å². The number of nitrogens with one attached hydrogen (secondary N) is 1. The topological polar surface area (TPSA) is 46.2 Å². The third kappa shape index (κ3) is 9.92. The Morgan fingerprint density at radius 1 is 1.29 bits per heavy atom. The molecule has 0 heterocycles. The predicted octanol–water partition coefficient (Wildman–Crippen LogP) is 2.18. The lowest BCUT2D eigenvalue weighted by Gasteiger charge is -2.24. The molecule has 5 heteroatoms. The second kappa shape index (κ2) is 9.22. The van der Waals surface area contributed by atoms with E-state index >= 15 is 0 Å². The van der Waals surface area contributed by atoms with Gasteiger partial charge in [0.15, 0.2) is 0 Å². The van der Waals surface area contributed by atoms with E-state index in [9.17, 15) is 8.42 Å². The van der Waals surface area contributed by atoms with E-state index in [0.29, 0.717) is 23.5 Å². The van der Waals surface area contributed by atoms with E-state index in [1.165, 1.54) is 6.26 Å². The zero-order valence-electron chi connectivity index (χ0n) is 11.5. The van der Waals surface area contributed by atoms with E-state index in [1.54, 1.807) is 11.8 Å². The minimum Gasteiger partial charge on any atom is -0.313 e. The van der Waals surface area contributed by atoms with Crippen LogP contribution in [0.15, 0.2) is 0 Å². The Labute approximate surface area is 111 Å². The van der Waals surface area contributed by atoms with Crippen LogP contribution in [0.5, 0.6) is 0 Å². The molecule has 0 amide bonds. The van der Waals surface area contributed by atoms with Crippen molar-refractivity contribution in [2.45, 2.75) is 39.7 Å². The lowest BCUT2D eigenvalue weighted by atomic mass is 10.0. The molecule has 2 atom stereocenters. The number of rotatable bonds is 10. The molecule has 0 aromatic carbocycles. The van der Waals surface area contributed by atoms with Gasteiger partial charge in [-0.2, -0.15) is 11.8 Å². The molecule has 104 valence electrons. The molecule has 0 saturated heterocycles. The molecular weight excluding hydrogens is 254 g/mol. The Kier molecular flexibility index (Phi) is 9.37. The molecule has 2 unspecified atom stereocenters. The smallest absolute Gasteiger partial charge is 0.148 e. The van der Waals surface area contributed by atoms with E-state index in [-0.39, 0.29) is 0 Å². The normalized spacial score (nSPS) is 15.8. The molecule has 0 saturated carbocycles. The maximum absolute atomic E-state index is 11.0. The molecule has 0 radical (unpaired) electrons. The molecule has 0 spiro atoms. The molecule has 0 aromatic heterocycles. The maximum Gasteiger partial charge on any atom is 0.148 e. The van der Waals surface area contributed by atoms with Crippen LogP contribution in [0.25, 0.3) is 0 Å². The number of hydrogen-bond acceptors (Lipinski definition) is 4. The van der Waals surface area contributed by atoms with Gasteiger partial charge < -0.3 is 5.32 Å². The van der Waals surface area contributed by atoms with Crippen LogP contribution in [-0.4, -0.2) is 44.5 Å². The Morgan fingerprint density at radius 3 is 2.41 bits per heavy atom. The van der Waals surface area contributed by atoms with Gasteiger partial charge >= 0.3 is 0 Å². The molecule has 1 N–H and O–H groups in total. The zero-order chi connectivity index (χ0) is 13.3. The summed E-state index contributed by atoms with van der Waals surface area (Å²) in [5, 5.41) is 3.55. The summed E-state index contributed by atoms with van der Waals surface area (Å²) in [4.78, 5) is 0. The maximum atomic E-state index is 11.0. The number of thioether (sulfide) groups is 1.